The summed E-state index contributed by atoms with van der Waals surface area (Å²) in [6, 6.07) is 0. The normalized spacial score (nSPS) is 13.7. The van der Waals surface area contributed by atoms with Gasteiger partial charge in [0.2, 0.25) is 0 Å². The predicted molar refractivity (Wildman–Crippen MR) is 89.0 cm³/mol. The average molecular weight is 314 g/mol. The van der Waals surface area contributed by atoms with Crippen LogP contribution in [0, 0.1) is 11.8 Å². The monoisotopic (exact) mass is 314 g/mol. The van der Waals surface area contributed by atoms with Crippen LogP contribution in [-0.4, -0.2) is 22.2 Å². The van der Waals surface area contributed by atoms with E-state index in [0.29, 0.717) is 25.7 Å². The average Bonchev–Trinajstić information content (AvgIpc) is 2.47. The van der Waals surface area contributed by atoms with Crippen molar-refractivity contribution in [2.75, 3.05) is 0 Å². The van der Waals surface area contributed by atoms with Gasteiger partial charge in [-0.05, 0) is 25.7 Å². The van der Waals surface area contributed by atoms with Crippen molar-refractivity contribution in [3.63, 3.8) is 0 Å². The Morgan fingerprint density at radius 3 is 1.59 bits per heavy atom. The number of rotatable bonds is 15. The Morgan fingerprint density at radius 1 is 0.682 bits per heavy atom. The first kappa shape index (κ1) is 20.9. The van der Waals surface area contributed by atoms with Crippen LogP contribution >= 0.6 is 0 Å². The molecule has 0 rings (SSSR count). The van der Waals surface area contributed by atoms with Crippen molar-refractivity contribution in [2.45, 2.75) is 90.9 Å². The van der Waals surface area contributed by atoms with Gasteiger partial charge in [0.1, 0.15) is 0 Å². The number of aliphatic carboxylic acids is 2. The summed E-state index contributed by atoms with van der Waals surface area (Å²) in [6.07, 6.45) is 11.8. The molecular weight excluding hydrogens is 280 g/mol. The summed E-state index contributed by atoms with van der Waals surface area (Å²) in [6.45, 7) is 4.05. The van der Waals surface area contributed by atoms with Gasteiger partial charge in [0.25, 0.3) is 0 Å². The molecular formula is C18H34O4. The molecule has 0 spiro atoms. The van der Waals surface area contributed by atoms with Gasteiger partial charge in [-0.3, -0.25) is 9.59 Å². The minimum absolute atomic E-state index is 0.381. The van der Waals surface area contributed by atoms with Crippen molar-refractivity contribution in [1.82, 2.24) is 0 Å². The Labute approximate surface area is 135 Å². The van der Waals surface area contributed by atoms with E-state index in [1.165, 1.54) is 38.5 Å². The summed E-state index contributed by atoms with van der Waals surface area (Å²) in [4.78, 5) is 22.2. The summed E-state index contributed by atoms with van der Waals surface area (Å²) < 4.78 is 0. The maximum atomic E-state index is 11.3. The second-order valence-corrected chi connectivity index (χ2v) is 6.32. The van der Waals surface area contributed by atoms with Crippen LogP contribution in [0.1, 0.15) is 90.9 Å². The molecule has 0 aromatic carbocycles. The molecule has 0 saturated heterocycles. The SMILES string of the molecule is CCCCCCCCCCC(CCC(CC)C(=O)O)C(=O)O. The van der Waals surface area contributed by atoms with Gasteiger partial charge in [0, 0.05) is 0 Å². The van der Waals surface area contributed by atoms with Crippen LogP contribution in [0.2, 0.25) is 0 Å². The Bertz CT molecular complexity index is 301. The smallest absolute Gasteiger partial charge is 0.306 e. The van der Waals surface area contributed by atoms with E-state index in [0.717, 1.165) is 12.8 Å². The van der Waals surface area contributed by atoms with Crippen molar-refractivity contribution in [3.8, 4) is 0 Å². The minimum Gasteiger partial charge on any atom is -0.481 e. The van der Waals surface area contributed by atoms with Gasteiger partial charge in [-0.1, -0.05) is 65.2 Å². The first-order chi connectivity index (χ1) is 10.5. The Morgan fingerprint density at radius 2 is 1.14 bits per heavy atom. The molecule has 2 atom stereocenters. The largest absolute Gasteiger partial charge is 0.481 e. The molecule has 0 amide bonds. The molecule has 2 N–H and O–H groups in total. The maximum Gasteiger partial charge on any atom is 0.306 e. The lowest BCUT2D eigenvalue weighted by Crippen LogP contribution is -2.18. The third-order valence-electron chi connectivity index (χ3n) is 4.46. The molecule has 0 aliphatic rings. The lowest BCUT2D eigenvalue weighted by molar-refractivity contribution is -0.145. The van der Waals surface area contributed by atoms with Crippen molar-refractivity contribution < 1.29 is 19.8 Å². The van der Waals surface area contributed by atoms with Gasteiger partial charge in [-0.25, -0.2) is 0 Å². The van der Waals surface area contributed by atoms with E-state index in [1.807, 2.05) is 6.92 Å². The van der Waals surface area contributed by atoms with E-state index in [4.69, 9.17) is 5.11 Å². The third-order valence-corrected chi connectivity index (χ3v) is 4.46. The topological polar surface area (TPSA) is 74.6 Å². The number of unbranched alkanes of at least 4 members (excludes halogenated alkanes) is 7. The summed E-state index contributed by atoms with van der Waals surface area (Å²) in [5, 5.41) is 18.3. The molecule has 2 unspecified atom stereocenters. The summed E-state index contributed by atoms with van der Waals surface area (Å²) in [5.74, 6) is -2.36. The van der Waals surface area contributed by atoms with Crippen molar-refractivity contribution in [3.05, 3.63) is 0 Å². The number of hydrogen-bond donors (Lipinski definition) is 2. The first-order valence-electron chi connectivity index (χ1n) is 8.98. The summed E-state index contributed by atoms with van der Waals surface area (Å²) in [5.41, 5.74) is 0. The van der Waals surface area contributed by atoms with Crippen LogP contribution in [-0.2, 0) is 9.59 Å². The van der Waals surface area contributed by atoms with Gasteiger partial charge in [-0.2, -0.15) is 0 Å². The molecule has 0 fully saturated rings. The first-order valence-corrected chi connectivity index (χ1v) is 8.98. The lowest BCUT2D eigenvalue weighted by Gasteiger charge is -2.15. The highest BCUT2D eigenvalue weighted by atomic mass is 16.4. The van der Waals surface area contributed by atoms with Gasteiger partial charge in [-0.15, -0.1) is 0 Å². The zero-order valence-electron chi connectivity index (χ0n) is 14.4. The van der Waals surface area contributed by atoms with Crippen LogP contribution < -0.4 is 0 Å². The molecule has 0 aliphatic heterocycles. The Hall–Kier alpha value is -1.06. The minimum atomic E-state index is -0.807. The van der Waals surface area contributed by atoms with Crippen LogP contribution in [0.5, 0.6) is 0 Å². The van der Waals surface area contributed by atoms with Gasteiger partial charge in [0.15, 0.2) is 0 Å². The molecule has 0 aliphatic carbocycles. The molecule has 4 heteroatoms. The lowest BCUT2D eigenvalue weighted by atomic mass is 9.90. The molecule has 0 heterocycles. The molecule has 0 bridgehead atoms. The third kappa shape index (κ3) is 10.6. The van der Waals surface area contributed by atoms with E-state index in [-0.39, 0.29) is 5.92 Å². The highest BCUT2D eigenvalue weighted by Crippen LogP contribution is 2.21. The fraction of sp³-hybridized carbons (Fsp3) is 0.889. The van der Waals surface area contributed by atoms with Crippen molar-refractivity contribution in [2.24, 2.45) is 11.8 Å². The highest BCUT2D eigenvalue weighted by molar-refractivity contribution is 5.71. The molecule has 0 saturated carbocycles. The van der Waals surface area contributed by atoms with Crippen molar-refractivity contribution >= 4 is 11.9 Å². The molecule has 0 radical (unpaired) electrons. The Balaban J connectivity index is 3.82. The van der Waals surface area contributed by atoms with Gasteiger partial charge in [0.05, 0.1) is 11.8 Å². The molecule has 0 aromatic rings. The standard InChI is InChI=1S/C18H34O4/c1-3-5-6-7-8-9-10-11-12-16(18(21)22)14-13-15(4-2)17(19)20/h15-16H,3-14H2,1-2H3,(H,19,20)(H,21,22). The zero-order valence-corrected chi connectivity index (χ0v) is 14.4. The van der Waals surface area contributed by atoms with Gasteiger partial charge < -0.3 is 10.2 Å². The van der Waals surface area contributed by atoms with Gasteiger partial charge >= 0.3 is 11.9 Å². The fourth-order valence-electron chi connectivity index (χ4n) is 2.82. The van der Waals surface area contributed by atoms with E-state index < -0.39 is 17.9 Å². The van der Waals surface area contributed by atoms with Crippen LogP contribution in [0.15, 0.2) is 0 Å². The van der Waals surface area contributed by atoms with E-state index >= 15 is 0 Å². The molecule has 0 aromatic heterocycles. The second kappa shape index (κ2) is 13.6. The zero-order chi connectivity index (χ0) is 16.8. The number of carboxylic acids is 2. The second-order valence-electron chi connectivity index (χ2n) is 6.32. The van der Waals surface area contributed by atoms with Crippen LogP contribution in [0.4, 0.5) is 0 Å². The Kier molecular flexibility index (Phi) is 12.9. The van der Waals surface area contributed by atoms with Crippen LogP contribution in [0.25, 0.3) is 0 Å². The molecule has 22 heavy (non-hydrogen) atoms. The predicted octanol–water partition coefficient (Wildman–Crippen LogP) is 5.11. The molecule has 4 nitrogen and oxygen atoms in total. The number of hydrogen-bond acceptors (Lipinski definition) is 2. The fourth-order valence-corrected chi connectivity index (χ4v) is 2.82. The van der Waals surface area contributed by atoms with E-state index in [9.17, 15) is 14.7 Å². The quantitative estimate of drug-likeness (QED) is 0.412. The summed E-state index contributed by atoms with van der Waals surface area (Å²) in [7, 11) is 0. The van der Waals surface area contributed by atoms with Crippen LogP contribution in [0.3, 0.4) is 0 Å². The number of carbonyl (C=O) groups is 2. The van der Waals surface area contributed by atoms with E-state index in [2.05, 4.69) is 6.92 Å². The maximum absolute atomic E-state index is 11.3. The van der Waals surface area contributed by atoms with Crippen molar-refractivity contribution in [1.29, 1.82) is 0 Å². The number of carboxylic acid groups (broad SMARTS) is 2. The highest BCUT2D eigenvalue weighted by Gasteiger charge is 2.21. The van der Waals surface area contributed by atoms with E-state index in [1.54, 1.807) is 0 Å². The molecule has 130 valence electrons. The summed E-state index contributed by atoms with van der Waals surface area (Å²) >= 11 is 0.